The number of hydrogen-bond acceptors (Lipinski definition) is 2. The van der Waals surface area contributed by atoms with Crippen LogP contribution in [-0.2, 0) is 0 Å². The fourth-order valence-electron chi connectivity index (χ4n) is 2.94. The fraction of sp³-hybridized carbons (Fsp3) is 0.647. The molecule has 3 heteroatoms. The number of halogens is 1. The highest BCUT2D eigenvalue weighted by Crippen LogP contribution is 2.26. The topological polar surface area (TPSA) is 15.3 Å². The summed E-state index contributed by atoms with van der Waals surface area (Å²) in [6, 6.07) is 9.09. The van der Waals surface area contributed by atoms with Crippen LogP contribution in [0, 0.1) is 0 Å². The van der Waals surface area contributed by atoms with E-state index in [1.165, 1.54) is 61.8 Å². The van der Waals surface area contributed by atoms with Crippen molar-refractivity contribution in [2.24, 2.45) is 0 Å². The highest BCUT2D eigenvalue weighted by Gasteiger charge is 2.16. The molecule has 1 fully saturated rings. The van der Waals surface area contributed by atoms with Crippen LogP contribution in [0.2, 0.25) is 0 Å². The number of rotatable bonds is 7. The van der Waals surface area contributed by atoms with Crippen LogP contribution in [0.5, 0.6) is 0 Å². The monoisotopic (exact) mass is 338 g/mol. The van der Waals surface area contributed by atoms with Crippen molar-refractivity contribution in [1.29, 1.82) is 0 Å². The molecular formula is C17H27BrN2. The predicted octanol–water partition coefficient (Wildman–Crippen LogP) is 4.37. The molecule has 0 radical (unpaired) electrons. The molecule has 2 rings (SSSR count). The molecule has 20 heavy (non-hydrogen) atoms. The van der Waals surface area contributed by atoms with Gasteiger partial charge in [0.1, 0.15) is 0 Å². The second-order valence-electron chi connectivity index (χ2n) is 5.72. The van der Waals surface area contributed by atoms with Gasteiger partial charge >= 0.3 is 0 Å². The molecule has 1 aliphatic heterocycles. The van der Waals surface area contributed by atoms with Crippen molar-refractivity contribution < 1.29 is 0 Å². The Bertz CT molecular complexity index is 388. The summed E-state index contributed by atoms with van der Waals surface area (Å²) in [7, 11) is 0. The average Bonchev–Trinajstić information content (AvgIpc) is 2.49. The Morgan fingerprint density at radius 1 is 1.20 bits per heavy atom. The molecule has 0 bridgehead atoms. The lowest BCUT2D eigenvalue weighted by molar-refractivity contribution is 0.217. The summed E-state index contributed by atoms with van der Waals surface area (Å²) in [5, 5.41) is 3.71. The summed E-state index contributed by atoms with van der Waals surface area (Å²) >= 11 is 3.70. The number of benzene rings is 1. The molecule has 1 aliphatic rings. The highest BCUT2D eigenvalue weighted by atomic mass is 79.9. The van der Waals surface area contributed by atoms with E-state index < -0.39 is 0 Å². The normalized spacial score (nSPS) is 18.1. The summed E-state index contributed by atoms with van der Waals surface area (Å²) in [5.41, 5.74) is 1.40. The van der Waals surface area contributed by atoms with Crippen molar-refractivity contribution in [2.75, 3.05) is 26.2 Å². The quantitative estimate of drug-likeness (QED) is 0.794. The Morgan fingerprint density at radius 2 is 1.95 bits per heavy atom. The number of likely N-dealkylation sites (tertiary alicyclic amines) is 1. The number of nitrogens with zero attached hydrogens (tertiary/aromatic N) is 1. The van der Waals surface area contributed by atoms with E-state index in [4.69, 9.17) is 0 Å². The summed E-state index contributed by atoms with van der Waals surface area (Å²) < 4.78 is 1.23. The van der Waals surface area contributed by atoms with E-state index >= 15 is 0 Å². The largest absolute Gasteiger partial charge is 0.310 e. The Hall–Kier alpha value is -0.380. The molecule has 1 saturated heterocycles. The van der Waals surface area contributed by atoms with Gasteiger partial charge in [0.25, 0.3) is 0 Å². The second-order valence-corrected chi connectivity index (χ2v) is 6.57. The summed E-state index contributed by atoms with van der Waals surface area (Å²) in [5.74, 6) is 0. The van der Waals surface area contributed by atoms with Gasteiger partial charge in [-0.05, 0) is 63.5 Å². The van der Waals surface area contributed by atoms with E-state index in [9.17, 15) is 0 Å². The van der Waals surface area contributed by atoms with Gasteiger partial charge < -0.3 is 10.2 Å². The zero-order valence-corrected chi connectivity index (χ0v) is 14.2. The van der Waals surface area contributed by atoms with Crippen LogP contribution in [0.4, 0.5) is 0 Å². The minimum absolute atomic E-state index is 0.465. The van der Waals surface area contributed by atoms with Gasteiger partial charge in [0.15, 0.2) is 0 Å². The molecule has 112 valence electrons. The molecule has 2 nitrogen and oxygen atoms in total. The number of nitrogens with one attached hydrogen (secondary N) is 1. The van der Waals surface area contributed by atoms with E-state index in [2.05, 4.69) is 57.3 Å². The zero-order chi connectivity index (χ0) is 14.2. The van der Waals surface area contributed by atoms with Crippen molar-refractivity contribution in [3.05, 3.63) is 34.3 Å². The van der Waals surface area contributed by atoms with Crippen molar-refractivity contribution >= 4 is 15.9 Å². The maximum Gasteiger partial charge on any atom is 0.0343 e. The maximum atomic E-state index is 3.71. The molecule has 0 saturated carbocycles. The Balaban J connectivity index is 1.94. The van der Waals surface area contributed by atoms with Gasteiger partial charge in [-0.3, -0.25) is 0 Å². The first kappa shape index (κ1) is 16.0. The summed E-state index contributed by atoms with van der Waals surface area (Å²) in [4.78, 5) is 2.63. The molecule has 0 spiro atoms. The molecule has 1 aromatic rings. The van der Waals surface area contributed by atoms with Crippen LogP contribution in [0.25, 0.3) is 0 Å². The lowest BCUT2D eigenvalue weighted by Crippen LogP contribution is -2.33. The van der Waals surface area contributed by atoms with Crippen molar-refractivity contribution in [3.63, 3.8) is 0 Å². The van der Waals surface area contributed by atoms with Crippen molar-refractivity contribution in [3.8, 4) is 0 Å². The molecule has 0 aromatic heterocycles. The molecular weight excluding hydrogens is 312 g/mol. The first-order valence-electron chi connectivity index (χ1n) is 8.01. The van der Waals surface area contributed by atoms with Gasteiger partial charge in [-0.25, -0.2) is 0 Å². The standard InChI is InChI=1S/C17H27BrN2/c1-2-11-19-17(15-8-4-5-9-16(15)18)10-14-20-12-6-3-7-13-20/h4-5,8-9,17,19H,2-3,6-7,10-14H2,1H3. The first-order valence-corrected chi connectivity index (χ1v) is 8.80. The maximum absolute atomic E-state index is 3.71. The smallest absolute Gasteiger partial charge is 0.0343 e. The minimum atomic E-state index is 0.465. The van der Waals surface area contributed by atoms with Crippen LogP contribution in [0.3, 0.4) is 0 Å². The molecule has 0 aliphatic carbocycles. The van der Waals surface area contributed by atoms with Crippen LogP contribution >= 0.6 is 15.9 Å². The SMILES string of the molecule is CCCNC(CCN1CCCCC1)c1ccccc1Br. The van der Waals surface area contributed by atoms with Gasteiger partial charge in [-0.15, -0.1) is 0 Å². The van der Waals surface area contributed by atoms with E-state index in [-0.39, 0.29) is 0 Å². The van der Waals surface area contributed by atoms with E-state index in [1.54, 1.807) is 0 Å². The van der Waals surface area contributed by atoms with E-state index in [0.717, 1.165) is 6.54 Å². The van der Waals surface area contributed by atoms with Gasteiger partial charge in [-0.1, -0.05) is 47.5 Å². The van der Waals surface area contributed by atoms with E-state index in [1.807, 2.05) is 0 Å². The summed E-state index contributed by atoms with van der Waals surface area (Å²) in [6.07, 6.45) is 6.55. The highest BCUT2D eigenvalue weighted by molar-refractivity contribution is 9.10. The summed E-state index contributed by atoms with van der Waals surface area (Å²) in [6.45, 7) is 7.11. The molecule has 1 unspecified atom stereocenters. The molecule has 1 N–H and O–H groups in total. The lowest BCUT2D eigenvalue weighted by Gasteiger charge is -2.29. The number of hydrogen-bond donors (Lipinski definition) is 1. The molecule has 1 atom stereocenters. The van der Waals surface area contributed by atoms with Crippen molar-refractivity contribution in [1.82, 2.24) is 10.2 Å². The minimum Gasteiger partial charge on any atom is -0.310 e. The fourth-order valence-corrected chi connectivity index (χ4v) is 3.50. The number of piperidine rings is 1. The first-order chi connectivity index (χ1) is 9.81. The van der Waals surface area contributed by atoms with Crippen LogP contribution in [0.15, 0.2) is 28.7 Å². The second kappa shape index (κ2) is 8.81. The Kier molecular flexibility index (Phi) is 7.05. The van der Waals surface area contributed by atoms with Gasteiger partial charge in [-0.2, -0.15) is 0 Å². The molecule has 1 aromatic carbocycles. The Morgan fingerprint density at radius 3 is 2.65 bits per heavy atom. The zero-order valence-electron chi connectivity index (χ0n) is 12.6. The van der Waals surface area contributed by atoms with Crippen LogP contribution < -0.4 is 5.32 Å². The Labute approximate surface area is 132 Å². The van der Waals surface area contributed by atoms with Gasteiger partial charge in [0.05, 0.1) is 0 Å². The van der Waals surface area contributed by atoms with Crippen LogP contribution in [0.1, 0.15) is 50.6 Å². The van der Waals surface area contributed by atoms with Crippen LogP contribution in [-0.4, -0.2) is 31.1 Å². The lowest BCUT2D eigenvalue weighted by atomic mass is 10.0. The average molecular weight is 339 g/mol. The molecule has 0 amide bonds. The molecule has 1 heterocycles. The van der Waals surface area contributed by atoms with E-state index in [0.29, 0.717) is 6.04 Å². The third-order valence-corrected chi connectivity index (χ3v) is 4.83. The van der Waals surface area contributed by atoms with Gasteiger partial charge in [0.2, 0.25) is 0 Å². The van der Waals surface area contributed by atoms with Gasteiger partial charge in [0, 0.05) is 10.5 Å². The third-order valence-electron chi connectivity index (χ3n) is 4.10. The predicted molar refractivity (Wildman–Crippen MR) is 90.1 cm³/mol. The van der Waals surface area contributed by atoms with Crippen molar-refractivity contribution in [2.45, 2.75) is 45.1 Å². The third kappa shape index (κ3) is 4.87.